The van der Waals surface area contributed by atoms with Crippen molar-refractivity contribution in [1.82, 2.24) is 0 Å². The van der Waals surface area contributed by atoms with Crippen molar-refractivity contribution in [2.24, 2.45) is 0 Å². The second kappa shape index (κ2) is 8.49. The second-order valence-electron chi connectivity index (χ2n) is 3.50. The van der Waals surface area contributed by atoms with Crippen LogP contribution in [0.5, 0.6) is 0 Å². The molecular formula is C13H17NO2. The van der Waals surface area contributed by atoms with E-state index in [-0.39, 0.29) is 5.57 Å². The van der Waals surface area contributed by atoms with E-state index < -0.39 is 5.97 Å². The number of allylic oxidation sites excluding steroid dienone is 5. The Kier molecular flexibility index (Phi) is 7.52. The van der Waals surface area contributed by atoms with Crippen LogP contribution in [0.25, 0.3) is 0 Å². The minimum absolute atomic E-state index is 0.254. The molecule has 0 rings (SSSR count). The summed E-state index contributed by atoms with van der Waals surface area (Å²) >= 11 is 0. The Bertz CT molecular complexity index is 357. The van der Waals surface area contributed by atoms with E-state index in [2.05, 4.69) is 6.92 Å². The van der Waals surface area contributed by atoms with Gasteiger partial charge in [0.25, 0.3) is 0 Å². The maximum absolute atomic E-state index is 10.5. The van der Waals surface area contributed by atoms with Gasteiger partial charge >= 0.3 is 5.97 Å². The third-order valence-corrected chi connectivity index (χ3v) is 2.03. The van der Waals surface area contributed by atoms with Crippen molar-refractivity contribution in [2.75, 3.05) is 0 Å². The first kappa shape index (κ1) is 14.2. The highest BCUT2D eigenvalue weighted by atomic mass is 16.4. The van der Waals surface area contributed by atoms with Gasteiger partial charge in [-0.25, -0.2) is 4.79 Å². The average molecular weight is 219 g/mol. The number of rotatable bonds is 6. The summed E-state index contributed by atoms with van der Waals surface area (Å²) in [7, 11) is 0. The van der Waals surface area contributed by atoms with Crippen LogP contribution in [-0.4, -0.2) is 11.1 Å². The number of aliphatic carboxylic acids is 1. The van der Waals surface area contributed by atoms with Crippen LogP contribution < -0.4 is 0 Å². The maximum Gasteiger partial charge on any atom is 0.346 e. The van der Waals surface area contributed by atoms with E-state index in [1.54, 1.807) is 18.2 Å². The zero-order chi connectivity index (χ0) is 12.4. The number of carbonyl (C=O) groups is 1. The van der Waals surface area contributed by atoms with E-state index in [1.807, 2.05) is 13.0 Å². The predicted molar refractivity (Wildman–Crippen MR) is 63.8 cm³/mol. The maximum atomic E-state index is 10.5. The van der Waals surface area contributed by atoms with E-state index >= 15 is 0 Å². The van der Waals surface area contributed by atoms with Gasteiger partial charge in [0.2, 0.25) is 0 Å². The lowest BCUT2D eigenvalue weighted by Crippen LogP contribution is -1.96. The van der Waals surface area contributed by atoms with Crippen LogP contribution >= 0.6 is 0 Å². The summed E-state index contributed by atoms with van der Waals surface area (Å²) in [4.78, 5) is 10.5. The monoisotopic (exact) mass is 219 g/mol. The molecule has 0 radical (unpaired) electrons. The van der Waals surface area contributed by atoms with Gasteiger partial charge in [-0.1, -0.05) is 37.1 Å². The number of nitriles is 1. The summed E-state index contributed by atoms with van der Waals surface area (Å²) in [5.74, 6) is -1.20. The normalized spacial score (nSPS) is 12.8. The molecule has 0 amide bonds. The van der Waals surface area contributed by atoms with Gasteiger partial charge in [-0.05, 0) is 25.8 Å². The van der Waals surface area contributed by atoms with Crippen molar-refractivity contribution in [1.29, 1.82) is 5.26 Å². The molecule has 0 aromatic rings. The van der Waals surface area contributed by atoms with Gasteiger partial charge in [-0.3, -0.25) is 0 Å². The Morgan fingerprint density at radius 1 is 1.38 bits per heavy atom. The van der Waals surface area contributed by atoms with Crippen molar-refractivity contribution in [3.05, 3.63) is 35.5 Å². The van der Waals surface area contributed by atoms with Crippen molar-refractivity contribution in [3.63, 3.8) is 0 Å². The fourth-order valence-corrected chi connectivity index (χ4v) is 1.07. The summed E-state index contributed by atoms with van der Waals surface area (Å²) in [6.45, 7) is 4.17. The van der Waals surface area contributed by atoms with Crippen molar-refractivity contribution >= 4 is 5.97 Å². The van der Waals surface area contributed by atoms with Crippen molar-refractivity contribution < 1.29 is 9.90 Å². The zero-order valence-corrected chi connectivity index (χ0v) is 9.73. The quantitative estimate of drug-likeness (QED) is 0.424. The first-order chi connectivity index (χ1) is 7.61. The Labute approximate surface area is 96.4 Å². The van der Waals surface area contributed by atoms with E-state index in [9.17, 15) is 4.79 Å². The van der Waals surface area contributed by atoms with Crippen LogP contribution in [0.4, 0.5) is 0 Å². The summed E-state index contributed by atoms with van der Waals surface area (Å²) in [6.07, 6.45) is 9.92. The van der Waals surface area contributed by atoms with Gasteiger partial charge in [-0.2, -0.15) is 5.26 Å². The van der Waals surface area contributed by atoms with E-state index in [0.717, 1.165) is 19.3 Å². The van der Waals surface area contributed by atoms with Crippen LogP contribution in [0.15, 0.2) is 35.5 Å². The van der Waals surface area contributed by atoms with E-state index in [1.165, 1.54) is 11.6 Å². The molecule has 0 spiro atoms. The van der Waals surface area contributed by atoms with Gasteiger partial charge in [0, 0.05) is 0 Å². The molecule has 16 heavy (non-hydrogen) atoms. The van der Waals surface area contributed by atoms with Gasteiger partial charge < -0.3 is 5.11 Å². The fourth-order valence-electron chi connectivity index (χ4n) is 1.07. The Balaban J connectivity index is 4.30. The molecule has 0 unspecified atom stereocenters. The summed E-state index contributed by atoms with van der Waals surface area (Å²) < 4.78 is 0. The zero-order valence-electron chi connectivity index (χ0n) is 9.73. The minimum Gasteiger partial charge on any atom is -0.477 e. The van der Waals surface area contributed by atoms with E-state index in [4.69, 9.17) is 10.4 Å². The molecule has 0 aliphatic rings. The number of hydrogen-bond donors (Lipinski definition) is 1. The molecule has 86 valence electrons. The summed E-state index contributed by atoms with van der Waals surface area (Å²) in [5.41, 5.74) is 0.996. The third-order valence-electron chi connectivity index (χ3n) is 2.03. The molecule has 1 N–H and O–H groups in total. The molecule has 3 nitrogen and oxygen atoms in total. The van der Waals surface area contributed by atoms with E-state index in [0.29, 0.717) is 0 Å². The smallest absolute Gasteiger partial charge is 0.346 e. The molecule has 0 saturated heterocycles. The second-order valence-corrected chi connectivity index (χ2v) is 3.50. The Morgan fingerprint density at radius 2 is 2.00 bits per heavy atom. The molecule has 0 aromatic carbocycles. The largest absolute Gasteiger partial charge is 0.477 e. The lowest BCUT2D eigenvalue weighted by atomic mass is 10.1. The number of hydrogen-bond acceptors (Lipinski definition) is 2. The summed E-state index contributed by atoms with van der Waals surface area (Å²) in [6, 6.07) is 1.61. The minimum atomic E-state index is -1.20. The lowest BCUT2D eigenvalue weighted by Gasteiger charge is -1.95. The Hall–Kier alpha value is -1.82. The number of nitrogens with zero attached hydrogens (tertiary/aromatic N) is 1. The molecule has 0 fully saturated rings. The number of carboxylic acids is 1. The number of carboxylic acid groups (broad SMARTS) is 1. The molecule has 3 heteroatoms. The average Bonchev–Trinajstić information content (AvgIpc) is 2.25. The predicted octanol–water partition coefficient (Wildman–Crippen LogP) is 3.21. The molecule has 0 atom stereocenters. The van der Waals surface area contributed by atoms with Gasteiger partial charge in [0.1, 0.15) is 11.6 Å². The van der Waals surface area contributed by atoms with Crippen LogP contribution in [0.2, 0.25) is 0 Å². The number of unbranched alkanes of at least 4 members (excludes halogenated alkanes) is 1. The molecule has 0 bridgehead atoms. The highest BCUT2D eigenvalue weighted by Gasteiger charge is 2.01. The van der Waals surface area contributed by atoms with Crippen molar-refractivity contribution in [3.8, 4) is 6.07 Å². The van der Waals surface area contributed by atoms with Crippen LogP contribution in [0.1, 0.15) is 33.1 Å². The highest BCUT2D eigenvalue weighted by Crippen LogP contribution is 2.05. The third kappa shape index (κ3) is 6.61. The molecule has 0 aliphatic carbocycles. The molecule has 0 aliphatic heterocycles. The molecule has 0 aromatic heterocycles. The van der Waals surface area contributed by atoms with Crippen molar-refractivity contribution in [2.45, 2.75) is 33.1 Å². The first-order valence-corrected chi connectivity index (χ1v) is 5.29. The van der Waals surface area contributed by atoms with Gasteiger partial charge in [0.05, 0.1) is 0 Å². The molecular weight excluding hydrogens is 202 g/mol. The molecule has 0 saturated carbocycles. The van der Waals surface area contributed by atoms with Crippen LogP contribution in [0, 0.1) is 11.3 Å². The molecule has 0 heterocycles. The SMILES string of the molecule is CCCC\C(C)=C/C=C/C=C(\C#N)C(=O)O. The van der Waals surface area contributed by atoms with Gasteiger partial charge in [-0.15, -0.1) is 0 Å². The fraction of sp³-hybridized carbons (Fsp3) is 0.385. The highest BCUT2D eigenvalue weighted by molar-refractivity contribution is 5.91. The summed E-state index contributed by atoms with van der Waals surface area (Å²) in [5, 5.41) is 17.0. The Morgan fingerprint density at radius 3 is 2.50 bits per heavy atom. The van der Waals surface area contributed by atoms with Gasteiger partial charge in [0.15, 0.2) is 0 Å². The topological polar surface area (TPSA) is 61.1 Å². The standard InChI is InChI=1S/C13H17NO2/c1-3-4-7-11(2)8-5-6-9-12(10-14)13(15)16/h5-6,8-9H,3-4,7H2,1-2H3,(H,15,16)/b6-5+,11-8-,12-9+. The van der Waals surface area contributed by atoms with Crippen LogP contribution in [-0.2, 0) is 4.79 Å². The first-order valence-electron chi connectivity index (χ1n) is 5.29. The van der Waals surface area contributed by atoms with Crippen LogP contribution in [0.3, 0.4) is 0 Å². The lowest BCUT2D eigenvalue weighted by molar-refractivity contribution is -0.132.